The number of carboxylic acid groups (broad SMARTS) is 1. The second-order valence-corrected chi connectivity index (χ2v) is 3.26. The third kappa shape index (κ3) is 2.60. The van der Waals surface area contributed by atoms with Crippen molar-refractivity contribution in [1.29, 1.82) is 0 Å². The third-order valence-corrected chi connectivity index (χ3v) is 2.03. The van der Waals surface area contributed by atoms with Crippen molar-refractivity contribution in [2.24, 2.45) is 0 Å². The second-order valence-electron chi connectivity index (χ2n) is 3.26. The van der Waals surface area contributed by atoms with Crippen molar-refractivity contribution in [3.05, 3.63) is 24.3 Å². The highest BCUT2D eigenvalue weighted by Gasteiger charge is 2.11. The summed E-state index contributed by atoms with van der Waals surface area (Å²) in [7, 11) is 0. The number of halogens is 1. The van der Waals surface area contributed by atoms with Crippen LogP contribution in [0.25, 0.3) is 11.4 Å². The summed E-state index contributed by atoms with van der Waals surface area (Å²) in [6.45, 7) is 0.119. The summed E-state index contributed by atoms with van der Waals surface area (Å²) >= 11 is 0. The molecule has 2 aromatic rings. The molecule has 0 aliphatic rings. The van der Waals surface area contributed by atoms with E-state index < -0.39 is 11.8 Å². The van der Waals surface area contributed by atoms with Crippen LogP contribution in [-0.2, 0) is 11.3 Å². The number of hydrogen-bond donors (Lipinski definition) is 1. The normalized spacial score (nSPS) is 10.4. The summed E-state index contributed by atoms with van der Waals surface area (Å²) in [4.78, 5) is 14.1. The molecule has 17 heavy (non-hydrogen) atoms. The fourth-order valence-corrected chi connectivity index (χ4v) is 1.30. The Hall–Kier alpha value is -2.38. The number of rotatable bonds is 4. The number of hydrogen-bond acceptors (Lipinski definition) is 5. The van der Waals surface area contributed by atoms with Gasteiger partial charge in [-0.15, -0.1) is 5.10 Å². The van der Waals surface area contributed by atoms with E-state index in [1.165, 1.54) is 16.9 Å². The number of carboxylic acids is 1. The molecule has 7 nitrogen and oxygen atoms in total. The number of aliphatic carboxylic acids is 1. The molecule has 0 saturated carbocycles. The van der Waals surface area contributed by atoms with Crippen LogP contribution in [0.2, 0.25) is 0 Å². The van der Waals surface area contributed by atoms with Crippen molar-refractivity contribution in [3.63, 3.8) is 0 Å². The molecule has 0 atom stereocenters. The van der Waals surface area contributed by atoms with Crippen molar-refractivity contribution in [1.82, 2.24) is 25.2 Å². The smallest absolute Gasteiger partial charge is 0.305 e. The summed E-state index contributed by atoms with van der Waals surface area (Å²) in [6.07, 6.45) is 2.36. The molecule has 2 rings (SSSR count). The molecule has 2 heterocycles. The highest BCUT2D eigenvalue weighted by molar-refractivity contribution is 5.66. The maximum atomic E-state index is 13.0. The third-order valence-electron chi connectivity index (χ3n) is 2.03. The quantitative estimate of drug-likeness (QED) is 0.824. The summed E-state index contributed by atoms with van der Waals surface area (Å²) in [5.74, 6) is -1.17. The van der Waals surface area contributed by atoms with Gasteiger partial charge < -0.3 is 5.11 Å². The van der Waals surface area contributed by atoms with E-state index in [-0.39, 0.29) is 13.0 Å². The minimum atomic E-state index is -0.955. The van der Waals surface area contributed by atoms with Gasteiger partial charge in [-0.2, -0.15) is 0 Å². The first-order valence-electron chi connectivity index (χ1n) is 4.75. The largest absolute Gasteiger partial charge is 0.481 e. The Kier molecular flexibility index (Phi) is 3.03. The lowest BCUT2D eigenvalue weighted by molar-refractivity contribution is -0.137. The first-order valence-corrected chi connectivity index (χ1v) is 4.75. The van der Waals surface area contributed by atoms with E-state index >= 15 is 0 Å². The molecule has 0 bridgehead atoms. The van der Waals surface area contributed by atoms with Gasteiger partial charge >= 0.3 is 5.97 Å². The maximum absolute atomic E-state index is 13.0. The molecular formula is C9H8FN5O2. The first kappa shape index (κ1) is 11.1. The summed E-state index contributed by atoms with van der Waals surface area (Å²) in [5.41, 5.74) is 0.403. The Morgan fingerprint density at radius 1 is 1.47 bits per heavy atom. The number of nitrogens with zero attached hydrogens (tertiary/aromatic N) is 5. The van der Waals surface area contributed by atoms with Gasteiger partial charge in [-0.1, -0.05) is 0 Å². The topological polar surface area (TPSA) is 93.8 Å². The average molecular weight is 237 g/mol. The Morgan fingerprint density at radius 2 is 2.29 bits per heavy atom. The number of aryl methyl sites for hydroxylation is 1. The number of carbonyl (C=O) groups is 1. The lowest BCUT2D eigenvalue weighted by Gasteiger charge is -2.02. The second kappa shape index (κ2) is 4.64. The predicted molar refractivity (Wildman–Crippen MR) is 53.3 cm³/mol. The summed E-state index contributed by atoms with van der Waals surface area (Å²) in [6, 6.07) is 1.23. The van der Waals surface area contributed by atoms with Gasteiger partial charge in [0.15, 0.2) is 5.82 Å². The van der Waals surface area contributed by atoms with Crippen molar-refractivity contribution < 1.29 is 14.3 Å². The monoisotopic (exact) mass is 237 g/mol. The van der Waals surface area contributed by atoms with Gasteiger partial charge in [0, 0.05) is 11.8 Å². The highest BCUT2D eigenvalue weighted by atomic mass is 19.1. The number of tetrazole rings is 1. The minimum absolute atomic E-state index is 0.110. The molecule has 0 fully saturated rings. The predicted octanol–water partition coefficient (Wildman–Crippen LogP) is 0.349. The van der Waals surface area contributed by atoms with Crippen LogP contribution in [0.5, 0.6) is 0 Å². The lowest BCUT2D eigenvalue weighted by atomic mass is 10.2. The van der Waals surface area contributed by atoms with E-state index in [2.05, 4.69) is 20.5 Å². The van der Waals surface area contributed by atoms with Crippen LogP contribution < -0.4 is 0 Å². The SMILES string of the molecule is O=C(O)CCn1nnnc1-c1cncc(F)c1. The van der Waals surface area contributed by atoms with Crippen LogP contribution in [0.3, 0.4) is 0 Å². The van der Waals surface area contributed by atoms with Crippen molar-refractivity contribution in [2.75, 3.05) is 0 Å². The van der Waals surface area contributed by atoms with E-state index in [0.29, 0.717) is 11.4 Å². The van der Waals surface area contributed by atoms with Gasteiger partial charge in [-0.25, -0.2) is 9.07 Å². The molecule has 8 heteroatoms. The van der Waals surface area contributed by atoms with Crippen LogP contribution in [0.4, 0.5) is 4.39 Å². The van der Waals surface area contributed by atoms with Gasteiger partial charge in [0.2, 0.25) is 0 Å². The molecule has 0 aliphatic carbocycles. The van der Waals surface area contributed by atoms with Gasteiger partial charge in [0.05, 0.1) is 19.2 Å². The zero-order chi connectivity index (χ0) is 12.3. The van der Waals surface area contributed by atoms with Crippen LogP contribution in [0.1, 0.15) is 6.42 Å². The molecule has 88 valence electrons. The molecule has 0 aromatic carbocycles. The number of aromatic nitrogens is 5. The molecular weight excluding hydrogens is 229 g/mol. The van der Waals surface area contributed by atoms with Gasteiger partial charge in [-0.05, 0) is 16.5 Å². The van der Waals surface area contributed by atoms with Gasteiger partial charge in [0.1, 0.15) is 5.82 Å². The Bertz CT molecular complexity index is 542. The summed E-state index contributed by atoms with van der Waals surface area (Å²) in [5, 5.41) is 19.3. The van der Waals surface area contributed by atoms with Crippen LogP contribution >= 0.6 is 0 Å². The zero-order valence-corrected chi connectivity index (χ0v) is 8.62. The van der Waals surface area contributed by atoms with Crippen molar-refractivity contribution >= 4 is 5.97 Å². The molecule has 0 spiro atoms. The molecule has 0 aliphatic heterocycles. The minimum Gasteiger partial charge on any atom is -0.481 e. The maximum Gasteiger partial charge on any atom is 0.305 e. The first-order chi connectivity index (χ1) is 8.16. The molecule has 2 aromatic heterocycles. The van der Waals surface area contributed by atoms with E-state index in [1.54, 1.807) is 0 Å². The Morgan fingerprint density at radius 3 is 3.00 bits per heavy atom. The molecule has 0 amide bonds. The lowest BCUT2D eigenvalue weighted by Crippen LogP contribution is -2.07. The number of pyridine rings is 1. The van der Waals surface area contributed by atoms with Gasteiger partial charge in [-0.3, -0.25) is 9.78 Å². The van der Waals surface area contributed by atoms with Crippen molar-refractivity contribution in [3.8, 4) is 11.4 Å². The van der Waals surface area contributed by atoms with Crippen LogP contribution in [0, 0.1) is 5.82 Å². The van der Waals surface area contributed by atoms with E-state index in [4.69, 9.17) is 5.11 Å². The highest BCUT2D eigenvalue weighted by Crippen LogP contribution is 2.15. The van der Waals surface area contributed by atoms with Crippen LogP contribution in [-0.4, -0.2) is 36.3 Å². The summed E-state index contributed by atoms with van der Waals surface area (Å²) < 4.78 is 14.3. The van der Waals surface area contributed by atoms with E-state index in [9.17, 15) is 9.18 Å². The zero-order valence-electron chi connectivity index (χ0n) is 8.62. The Labute approximate surface area is 94.9 Å². The Balaban J connectivity index is 2.27. The molecule has 0 unspecified atom stereocenters. The van der Waals surface area contributed by atoms with Crippen LogP contribution in [0.15, 0.2) is 18.5 Å². The van der Waals surface area contributed by atoms with E-state index in [1.807, 2.05) is 0 Å². The fraction of sp³-hybridized carbons (Fsp3) is 0.222. The van der Waals surface area contributed by atoms with Gasteiger partial charge in [0.25, 0.3) is 0 Å². The molecule has 0 radical (unpaired) electrons. The average Bonchev–Trinajstić information content (AvgIpc) is 2.74. The standard InChI is InChI=1S/C9H8FN5O2/c10-7-3-6(4-11-5-7)9-12-13-14-15(9)2-1-8(16)17/h3-5H,1-2H2,(H,16,17). The van der Waals surface area contributed by atoms with Crippen molar-refractivity contribution in [2.45, 2.75) is 13.0 Å². The molecule has 1 N–H and O–H groups in total. The van der Waals surface area contributed by atoms with E-state index in [0.717, 1.165) is 6.20 Å². The molecule has 0 saturated heterocycles. The fourth-order valence-electron chi connectivity index (χ4n) is 1.30.